The first-order valence-electron chi connectivity index (χ1n) is 9.11. The topological polar surface area (TPSA) is 70.8 Å². The Morgan fingerprint density at radius 2 is 1.77 bits per heavy atom. The molecule has 0 aliphatic rings. The van der Waals surface area contributed by atoms with E-state index in [0.29, 0.717) is 28.2 Å². The van der Waals surface area contributed by atoms with Crippen LogP contribution in [-0.2, 0) is 6.18 Å². The molecular weight excluding hydrogens is 414 g/mol. The van der Waals surface area contributed by atoms with Gasteiger partial charge in [-0.05, 0) is 55.0 Å². The minimum Gasteiger partial charge on any atom is -0.456 e. The number of halogens is 4. The first kappa shape index (κ1) is 20.4. The summed E-state index contributed by atoms with van der Waals surface area (Å²) in [5.74, 6) is 0.00892. The minimum atomic E-state index is -4.57. The van der Waals surface area contributed by atoms with Gasteiger partial charge in [-0.3, -0.25) is 4.79 Å². The molecule has 0 amide bonds. The number of nitrogens with one attached hydrogen (secondary N) is 2. The van der Waals surface area contributed by atoms with E-state index < -0.39 is 17.6 Å². The van der Waals surface area contributed by atoms with E-state index >= 15 is 0 Å². The van der Waals surface area contributed by atoms with Crippen LogP contribution in [0.25, 0.3) is 22.6 Å². The fourth-order valence-electron chi connectivity index (χ4n) is 3.04. The van der Waals surface area contributed by atoms with E-state index in [1.807, 2.05) is 0 Å². The van der Waals surface area contributed by atoms with Gasteiger partial charge in [0.05, 0.1) is 11.3 Å². The lowest BCUT2D eigenvalue weighted by molar-refractivity contribution is -0.137. The van der Waals surface area contributed by atoms with E-state index in [1.54, 1.807) is 13.0 Å². The van der Waals surface area contributed by atoms with Crippen LogP contribution in [0.4, 0.5) is 17.6 Å². The van der Waals surface area contributed by atoms with Gasteiger partial charge in [-0.1, -0.05) is 0 Å². The second-order valence-electron chi connectivity index (χ2n) is 6.80. The number of H-pyrrole nitrogens is 2. The monoisotopic (exact) mass is 429 g/mol. The molecule has 0 fully saturated rings. The summed E-state index contributed by atoms with van der Waals surface area (Å²) in [6.07, 6.45) is -1.61. The second kappa shape index (κ2) is 7.75. The average Bonchev–Trinajstić information content (AvgIpc) is 3.19. The molecule has 0 aliphatic heterocycles. The number of aromatic amines is 2. The fourth-order valence-corrected chi connectivity index (χ4v) is 3.04. The highest BCUT2D eigenvalue weighted by atomic mass is 19.4. The SMILES string of the molecule is Cc1cc(F)ccc1Oc1cc(C(F)(F)F)ccc1-c1c[nH]c(-c2cc[nH]c(=O)c2)n1. The number of aryl methyl sites for hydroxylation is 1. The number of rotatable bonds is 4. The predicted molar refractivity (Wildman–Crippen MR) is 106 cm³/mol. The van der Waals surface area contributed by atoms with Crippen LogP contribution < -0.4 is 10.3 Å². The van der Waals surface area contributed by atoms with Crippen molar-refractivity contribution >= 4 is 0 Å². The molecule has 0 spiro atoms. The molecule has 0 unspecified atom stereocenters. The Morgan fingerprint density at radius 1 is 0.968 bits per heavy atom. The number of ether oxygens (including phenoxy) is 1. The fraction of sp³-hybridized carbons (Fsp3) is 0.0909. The molecule has 158 valence electrons. The molecular formula is C22H15F4N3O2. The first-order valence-corrected chi connectivity index (χ1v) is 9.11. The summed E-state index contributed by atoms with van der Waals surface area (Å²) in [4.78, 5) is 21.3. The van der Waals surface area contributed by atoms with Crippen molar-refractivity contribution in [1.82, 2.24) is 15.0 Å². The van der Waals surface area contributed by atoms with Crippen molar-refractivity contribution in [1.29, 1.82) is 0 Å². The molecule has 0 bridgehead atoms. The highest BCUT2D eigenvalue weighted by molar-refractivity contribution is 5.71. The van der Waals surface area contributed by atoms with Crippen molar-refractivity contribution in [2.45, 2.75) is 13.1 Å². The zero-order valence-electron chi connectivity index (χ0n) is 16.0. The lowest BCUT2D eigenvalue weighted by atomic mass is 10.1. The summed E-state index contributed by atoms with van der Waals surface area (Å²) in [7, 11) is 0. The number of benzene rings is 2. The third-order valence-electron chi connectivity index (χ3n) is 4.57. The molecule has 0 saturated heterocycles. The van der Waals surface area contributed by atoms with Crippen LogP contribution in [0.3, 0.4) is 0 Å². The van der Waals surface area contributed by atoms with E-state index in [1.165, 1.54) is 36.7 Å². The Hall–Kier alpha value is -3.88. The van der Waals surface area contributed by atoms with Crippen LogP contribution >= 0.6 is 0 Å². The van der Waals surface area contributed by atoms with Crippen LogP contribution in [0, 0.1) is 12.7 Å². The Balaban J connectivity index is 1.79. The third kappa shape index (κ3) is 4.35. The Kier molecular flexibility index (Phi) is 5.10. The lowest BCUT2D eigenvalue weighted by Gasteiger charge is -2.15. The third-order valence-corrected chi connectivity index (χ3v) is 4.57. The summed E-state index contributed by atoms with van der Waals surface area (Å²) in [5.41, 5.74) is 0.341. The largest absolute Gasteiger partial charge is 0.456 e. The molecule has 0 atom stereocenters. The number of imidazole rings is 1. The number of alkyl halides is 3. The van der Waals surface area contributed by atoms with Gasteiger partial charge in [0, 0.05) is 29.6 Å². The number of pyridine rings is 1. The molecule has 2 aromatic heterocycles. The van der Waals surface area contributed by atoms with Gasteiger partial charge in [0.1, 0.15) is 23.1 Å². The summed E-state index contributed by atoms with van der Waals surface area (Å²) in [5, 5.41) is 0. The van der Waals surface area contributed by atoms with E-state index in [9.17, 15) is 22.4 Å². The van der Waals surface area contributed by atoms with Crippen LogP contribution in [0.2, 0.25) is 0 Å². The predicted octanol–water partition coefficient (Wildman–Crippen LogP) is 5.69. The molecule has 0 aliphatic carbocycles. The molecule has 9 heteroatoms. The van der Waals surface area contributed by atoms with E-state index in [2.05, 4.69) is 15.0 Å². The van der Waals surface area contributed by atoms with Gasteiger partial charge < -0.3 is 14.7 Å². The minimum absolute atomic E-state index is 0.0894. The number of hydrogen-bond acceptors (Lipinski definition) is 3. The van der Waals surface area contributed by atoms with Crippen LogP contribution in [0.5, 0.6) is 11.5 Å². The van der Waals surface area contributed by atoms with Gasteiger partial charge in [0.15, 0.2) is 0 Å². The lowest BCUT2D eigenvalue weighted by Crippen LogP contribution is -2.05. The molecule has 2 N–H and O–H groups in total. The molecule has 0 radical (unpaired) electrons. The van der Waals surface area contributed by atoms with Gasteiger partial charge in [0.2, 0.25) is 5.56 Å². The Labute approximate surface area is 173 Å². The summed E-state index contributed by atoms with van der Waals surface area (Å²) < 4.78 is 59.0. The van der Waals surface area contributed by atoms with Gasteiger partial charge in [-0.2, -0.15) is 13.2 Å². The molecule has 31 heavy (non-hydrogen) atoms. The van der Waals surface area contributed by atoms with Crippen molar-refractivity contribution in [2.24, 2.45) is 0 Å². The van der Waals surface area contributed by atoms with Gasteiger partial charge in [0.25, 0.3) is 0 Å². The zero-order valence-corrected chi connectivity index (χ0v) is 16.0. The van der Waals surface area contributed by atoms with Crippen molar-refractivity contribution in [3.8, 4) is 34.1 Å². The molecule has 0 saturated carbocycles. The highest BCUT2D eigenvalue weighted by Gasteiger charge is 2.31. The maximum atomic E-state index is 13.4. The smallest absolute Gasteiger partial charge is 0.416 e. The Bertz CT molecular complexity index is 1310. The summed E-state index contributed by atoms with van der Waals surface area (Å²) in [6, 6.07) is 9.78. The maximum absolute atomic E-state index is 13.4. The van der Waals surface area contributed by atoms with Crippen LogP contribution in [0.1, 0.15) is 11.1 Å². The zero-order chi connectivity index (χ0) is 22.2. The number of hydrogen-bond donors (Lipinski definition) is 2. The molecule has 2 heterocycles. The second-order valence-corrected chi connectivity index (χ2v) is 6.80. The van der Waals surface area contributed by atoms with Gasteiger partial charge >= 0.3 is 6.18 Å². The van der Waals surface area contributed by atoms with E-state index in [-0.39, 0.29) is 17.1 Å². The first-order chi connectivity index (χ1) is 14.7. The average molecular weight is 429 g/mol. The molecule has 4 aromatic rings. The van der Waals surface area contributed by atoms with E-state index in [0.717, 1.165) is 18.2 Å². The number of nitrogens with zero attached hydrogens (tertiary/aromatic N) is 1. The van der Waals surface area contributed by atoms with E-state index in [4.69, 9.17) is 4.74 Å². The normalized spacial score (nSPS) is 11.5. The van der Waals surface area contributed by atoms with Crippen LogP contribution in [-0.4, -0.2) is 15.0 Å². The quantitative estimate of drug-likeness (QED) is 0.410. The van der Waals surface area contributed by atoms with Crippen molar-refractivity contribution in [2.75, 3.05) is 0 Å². The highest BCUT2D eigenvalue weighted by Crippen LogP contribution is 2.39. The number of aromatic nitrogens is 3. The van der Waals surface area contributed by atoms with Crippen LogP contribution in [0.15, 0.2) is 65.7 Å². The van der Waals surface area contributed by atoms with Gasteiger partial charge in [-0.25, -0.2) is 9.37 Å². The maximum Gasteiger partial charge on any atom is 0.416 e. The molecule has 2 aromatic carbocycles. The van der Waals surface area contributed by atoms with Crippen molar-refractivity contribution in [3.05, 3.63) is 88.2 Å². The van der Waals surface area contributed by atoms with Gasteiger partial charge in [-0.15, -0.1) is 0 Å². The van der Waals surface area contributed by atoms with Crippen molar-refractivity contribution < 1.29 is 22.3 Å². The van der Waals surface area contributed by atoms with Crippen molar-refractivity contribution in [3.63, 3.8) is 0 Å². The Morgan fingerprint density at radius 3 is 2.48 bits per heavy atom. The summed E-state index contributed by atoms with van der Waals surface area (Å²) in [6.45, 7) is 1.59. The molecule has 4 rings (SSSR count). The summed E-state index contributed by atoms with van der Waals surface area (Å²) >= 11 is 0. The standard InChI is InChI=1S/C22H15F4N3O2/c1-12-8-15(23)3-5-18(12)31-19-10-14(22(24,25)26)2-4-16(19)17-11-28-21(29-17)13-6-7-27-20(30)9-13/h2-11H,1H3,(H,27,30)(H,28,29). The molecule has 5 nitrogen and oxygen atoms in total.